The van der Waals surface area contributed by atoms with Gasteiger partial charge >= 0.3 is 0 Å². The van der Waals surface area contributed by atoms with Crippen molar-refractivity contribution in [2.45, 2.75) is 13.5 Å². The molecule has 1 heterocycles. The van der Waals surface area contributed by atoms with E-state index in [0.717, 1.165) is 16.9 Å². The van der Waals surface area contributed by atoms with E-state index in [0.29, 0.717) is 28.7 Å². The molecule has 4 rings (SSSR count). The lowest BCUT2D eigenvalue weighted by molar-refractivity contribution is -0.122. The van der Waals surface area contributed by atoms with Crippen LogP contribution in [0.25, 0.3) is 6.08 Å². The molecule has 2 aliphatic rings. The second-order valence-electron chi connectivity index (χ2n) is 7.32. The summed E-state index contributed by atoms with van der Waals surface area (Å²) in [4.78, 5) is 39.7. The summed E-state index contributed by atoms with van der Waals surface area (Å²) < 4.78 is 5.83. The van der Waals surface area contributed by atoms with Crippen molar-refractivity contribution in [2.75, 3.05) is 0 Å². The van der Waals surface area contributed by atoms with Gasteiger partial charge in [-0.15, -0.1) is 0 Å². The number of benzene rings is 2. The number of aryl methyl sites for hydroxylation is 1. The third kappa shape index (κ3) is 5.31. The van der Waals surface area contributed by atoms with E-state index < -0.39 is 5.92 Å². The fourth-order valence-corrected chi connectivity index (χ4v) is 3.99. The zero-order chi connectivity index (χ0) is 22.5. The van der Waals surface area contributed by atoms with E-state index in [-0.39, 0.29) is 11.7 Å². The number of nitrogens with zero attached hydrogens (tertiary/aromatic N) is 1. The Morgan fingerprint density at radius 2 is 1.97 bits per heavy atom. The van der Waals surface area contributed by atoms with Crippen molar-refractivity contribution in [3.8, 4) is 5.75 Å². The summed E-state index contributed by atoms with van der Waals surface area (Å²) in [6.45, 7) is 2.53. The van der Waals surface area contributed by atoms with Crippen molar-refractivity contribution in [1.82, 2.24) is 5.32 Å². The molecule has 2 aromatic carbocycles. The molecule has 1 fully saturated rings. The second kappa shape index (κ2) is 9.62. The average Bonchev–Trinajstić information content (AvgIpc) is 3.12. The van der Waals surface area contributed by atoms with Crippen molar-refractivity contribution in [2.24, 2.45) is 10.9 Å². The van der Waals surface area contributed by atoms with Crippen LogP contribution in [-0.4, -0.2) is 23.1 Å². The second-order valence-corrected chi connectivity index (χ2v) is 8.35. The lowest BCUT2D eigenvalue weighted by Gasteiger charge is -2.07. The quantitative estimate of drug-likeness (QED) is 0.414. The standard InChI is InChI=1S/C25H20N2O4S/c1-16-3-2-4-18(11-16)15-31-21-9-5-17(6-10-21)12-23-24(30)27-25(32-23)26-20-8-7-19(14-28)22(29)13-20/h2-14,19H,15H2,1H3,(H,26,27,30). The normalized spacial score (nSPS) is 20.4. The van der Waals surface area contributed by atoms with Crippen molar-refractivity contribution < 1.29 is 19.1 Å². The summed E-state index contributed by atoms with van der Waals surface area (Å²) in [5.74, 6) is -0.597. The van der Waals surface area contributed by atoms with Gasteiger partial charge in [0.25, 0.3) is 5.91 Å². The molecule has 1 amide bonds. The minimum Gasteiger partial charge on any atom is -0.489 e. The Labute approximate surface area is 189 Å². The van der Waals surface area contributed by atoms with Gasteiger partial charge in [0.1, 0.15) is 18.6 Å². The van der Waals surface area contributed by atoms with Gasteiger partial charge in [0.05, 0.1) is 16.5 Å². The van der Waals surface area contributed by atoms with Gasteiger partial charge in [-0.25, -0.2) is 4.99 Å². The number of allylic oxidation sites excluding steroid dienone is 3. The number of carbonyl (C=O) groups is 3. The third-order valence-corrected chi connectivity index (χ3v) is 5.70. The molecule has 1 atom stereocenters. The van der Waals surface area contributed by atoms with Crippen LogP contribution in [0.3, 0.4) is 0 Å². The number of rotatable bonds is 6. The molecule has 6 nitrogen and oxygen atoms in total. The van der Waals surface area contributed by atoms with Crippen molar-refractivity contribution >= 4 is 41.0 Å². The Balaban J connectivity index is 1.39. The smallest absolute Gasteiger partial charge is 0.264 e. The zero-order valence-corrected chi connectivity index (χ0v) is 18.1. The van der Waals surface area contributed by atoms with Crippen molar-refractivity contribution in [3.05, 3.63) is 94.1 Å². The van der Waals surface area contributed by atoms with Crippen LogP contribution in [0.4, 0.5) is 0 Å². The van der Waals surface area contributed by atoms with Crippen LogP contribution in [0.5, 0.6) is 5.75 Å². The van der Waals surface area contributed by atoms with Crippen LogP contribution < -0.4 is 10.1 Å². The van der Waals surface area contributed by atoms with Crippen LogP contribution in [-0.2, 0) is 21.0 Å². The molecular formula is C25H20N2O4S. The summed E-state index contributed by atoms with van der Waals surface area (Å²) in [7, 11) is 0. The van der Waals surface area contributed by atoms with Gasteiger partial charge in [0.2, 0.25) is 0 Å². The average molecular weight is 445 g/mol. The first-order valence-corrected chi connectivity index (χ1v) is 10.8. The van der Waals surface area contributed by atoms with Gasteiger partial charge in [-0.1, -0.05) is 48.0 Å². The molecule has 0 spiro atoms. The van der Waals surface area contributed by atoms with Crippen molar-refractivity contribution in [3.63, 3.8) is 0 Å². The van der Waals surface area contributed by atoms with E-state index in [2.05, 4.69) is 16.4 Å². The fourth-order valence-electron chi connectivity index (χ4n) is 3.15. The molecule has 1 N–H and O–H groups in total. The Morgan fingerprint density at radius 1 is 1.16 bits per heavy atom. The van der Waals surface area contributed by atoms with Crippen LogP contribution in [0.15, 0.2) is 82.4 Å². The van der Waals surface area contributed by atoms with Gasteiger partial charge in [-0.3, -0.25) is 9.59 Å². The first-order valence-electron chi connectivity index (χ1n) is 9.97. The number of aldehydes is 1. The SMILES string of the molecule is Cc1cccc(COc2ccc(C=C3SC(=NC4=CC(=O)C(C=O)C=C4)NC3=O)cc2)c1. The third-order valence-electron chi connectivity index (χ3n) is 4.79. The first kappa shape index (κ1) is 21.5. The molecular weight excluding hydrogens is 424 g/mol. The number of hydrogen-bond donors (Lipinski definition) is 1. The summed E-state index contributed by atoms with van der Waals surface area (Å²) in [5.41, 5.74) is 3.55. The molecule has 1 saturated heterocycles. The molecule has 0 saturated carbocycles. The number of aliphatic imine (C=N–C) groups is 1. The molecule has 1 unspecified atom stereocenters. The Bertz CT molecular complexity index is 1190. The van der Waals surface area contributed by atoms with Crippen LogP contribution >= 0.6 is 11.8 Å². The highest BCUT2D eigenvalue weighted by Crippen LogP contribution is 2.28. The van der Waals surface area contributed by atoms with Gasteiger partial charge < -0.3 is 14.8 Å². The molecule has 160 valence electrons. The number of amidine groups is 1. The number of ketones is 1. The molecule has 1 aliphatic heterocycles. The lowest BCUT2D eigenvalue weighted by atomic mass is 10.00. The van der Waals surface area contributed by atoms with Crippen molar-refractivity contribution in [1.29, 1.82) is 0 Å². The fraction of sp³-hybridized carbons (Fsp3) is 0.120. The van der Waals surface area contributed by atoms with Crippen LogP contribution in [0, 0.1) is 12.8 Å². The molecule has 32 heavy (non-hydrogen) atoms. The minimum atomic E-state index is -0.760. The molecule has 1 aliphatic carbocycles. The monoisotopic (exact) mass is 444 g/mol. The number of thioether (sulfide) groups is 1. The molecule has 0 radical (unpaired) electrons. The maximum atomic E-state index is 12.3. The van der Waals surface area contributed by atoms with Gasteiger partial charge in [0, 0.05) is 6.08 Å². The summed E-state index contributed by atoms with van der Waals surface area (Å²) in [6, 6.07) is 15.7. The van der Waals surface area contributed by atoms with Gasteiger partial charge in [-0.2, -0.15) is 0 Å². The maximum Gasteiger partial charge on any atom is 0.264 e. The number of carbonyl (C=O) groups excluding carboxylic acids is 3. The van der Waals surface area contributed by atoms with E-state index in [4.69, 9.17) is 4.74 Å². The van der Waals surface area contributed by atoms with Gasteiger partial charge in [0.15, 0.2) is 11.0 Å². The minimum absolute atomic E-state index is 0.258. The first-order chi connectivity index (χ1) is 15.5. The molecule has 7 heteroatoms. The molecule has 2 aromatic rings. The highest BCUT2D eigenvalue weighted by molar-refractivity contribution is 8.18. The highest BCUT2D eigenvalue weighted by Gasteiger charge is 2.24. The van der Waals surface area contributed by atoms with Crippen LogP contribution in [0.1, 0.15) is 16.7 Å². The predicted molar refractivity (Wildman–Crippen MR) is 125 cm³/mol. The topological polar surface area (TPSA) is 84.8 Å². The number of nitrogens with one attached hydrogen (secondary N) is 1. The predicted octanol–water partition coefficient (Wildman–Crippen LogP) is 3.97. The maximum absolute atomic E-state index is 12.3. The molecule has 0 aromatic heterocycles. The van der Waals surface area contributed by atoms with E-state index in [9.17, 15) is 14.4 Å². The van der Waals surface area contributed by atoms with E-state index in [1.807, 2.05) is 49.4 Å². The van der Waals surface area contributed by atoms with E-state index in [1.165, 1.54) is 29.5 Å². The summed E-state index contributed by atoms with van der Waals surface area (Å²) in [6.07, 6.45) is 6.75. The van der Waals surface area contributed by atoms with Gasteiger partial charge in [-0.05, 0) is 54.1 Å². The number of amides is 1. The zero-order valence-electron chi connectivity index (χ0n) is 17.3. The van der Waals surface area contributed by atoms with Crippen LogP contribution in [0.2, 0.25) is 0 Å². The highest BCUT2D eigenvalue weighted by atomic mass is 32.2. The van der Waals surface area contributed by atoms with E-state index in [1.54, 1.807) is 12.2 Å². The summed E-state index contributed by atoms with van der Waals surface area (Å²) >= 11 is 1.19. The lowest BCUT2D eigenvalue weighted by Crippen LogP contribution is -2.20. The largest absolute Gasteiger partial charge is 0.489 e. The van der Waals surface area contributed by atoms with E-state index >= 15 is 0 Å². The number of ether oxygens (including phenoxy) is 1. The number of hydrogen-bond acceptors (Lipinski definition) is 6. The summed E-state index contributed by atoms with van der Waals surface area (Å²) in [5, 5.41) is 3.07. The Kier molecular flexibility index (Phi) is 6.47. The molecule has 0 bridgehead atoms. The Hall–Kier alpha value is -3.71. The Morgan fingerprint density at radius 3 is 2.69 bits per heavy atom.